The molecule has 0 bridgehead atoms. The summed E-state index contributed by atoms with van der Waals surface area (Å²) in [4.78, 5) is 26.3. The summed E-state index contributed by atoms with van der Waals surface area (Å²) in [5.41, 5.74) is 3.04. The molecular formula is C19H26N3O2S+. The normalized spacial score (nSPS) is 11.8. The van der Waals surface area contributed by atoms with Gasteiger partial charge in [0.05, 0.1) is 7.05 Å². The van der Waals surface area contributed by atoms with Crippen LogP contribution in [0.25, 0.3) is 0 Å². The van der Waals surface area contributed by atoms with E-state index in [9.17, 15) is 9.59 Å². The first kappa shape index (κ1) is 19.1. The van der Waals surface area contributed by atoms with Gasteiger partial charge in [0, 0.05) is 17.1 Å². The Morgan fingerprint density at radius 1 is 1.08 bits per heavy atom. The molecule has 2 aromatic rings. The molecule has 0 spiro atoms. The number of nitrogens with one attached hydrogen (secondary N) is 3. The molecule has 0 radical (unpaired) electrons. The molecule has 6 heteroatoms. The molecular weight excluding hydrogens is 334 g/mol. The van der Waals surface area contributed by atoms with E-state index >= 15 is 0 Å². The van der Waals surface area contributed by atoms with Crippen molar-refractivity contribution in [1.29, 1.82) is 0 Å². The van der Waals surface area contributed by atoms with E-state index in [1.54, 1.807) is 11.3 Å². The zero-order valence-electron chi connectivity index (χ0n) is 15.0. The van der Waals surface area contributed by atoms with E-state index in [1.807, 2.05) is 50.5 Å². The number of aryl methyl sites for hydroxylation is 1. The number of rotatable bonds is 8. The molecule has 0 aliphatic carbocycles. The van der Waals surface area contributed by atoms with Crippen LogP contribution < -0.4 is 15.5 Å². The standard InChI is InChI=1S/C19H25N3O2S/c1-14-6-4-8-17(15(14)2)21-19(24)13-22(3)12-18(23)20-10-9-16-7-5-11-25-16/h4-8,11H,9-10,12-13H2,1-3H3,(H,20,23)(H,21,24)/p+1. The molecule has 2 rings (SSSR count). The molecule has 1 aromatic carbocycles. The molecule has 0 saturated heterocycles. The lowest BCUT2D eigenvalue weighted by atomic mass is 10.1. The molecule has 2 amide bonds. The Balaban J connectivity index is 1.71. The van der Waals surface area contributed by atoms with Crippen molar-refractivity contribution in [1.82, 2.24) is 5.32 Å². The summed E-state index contributed by atoms with van der Waals surface area (Å²) in [6.45, 7) is 5.17. The molecule has 1 aromatic heterocycles. The van der Waals surface area contributed by atoms with Crippen molar-refractivity contribution in [2.75, 3.05) is 32.0 Å². The monoisotopic (exact) mass is 360 g/mol. The number of carbonyl (C=O) groups excluding carboxylic acids is 2. The Kier molecular flexibility index (Phi) is 7.16. The van der Waals surface area contributed by atoms with Gasteiger partial charge in [0.25, 0.3) is 11.8 Å². The minimum atomic E-state index is -0.0856. The molecule has 134 valence electrons. The van der Waals surface area contributed by atoms with Crippen molar-refractivity contribution >= 4 is 28.8 Å². The molecule has 0 aliphatic heterocycles. The van der Waals surface area contributed by atoms with Crippen LogP contribution in [0, 0.1) is 13.8 Å². The van der Waals surface area contributed by atoms with Gasteiger partial charge >= 0.3 is 0 Å². The second-order valence-electron chi connectivity index (χ2n) is 6.29. The molecule has 0 saturated carbocycles. The molecule has 1 heterocycles. The summed E-state index contributed by atoms with van der Waals surface area (Å²) < 4.78 is 0. The third kappa shape index (κ3) is 6.32. The van der Waals surface area contributed by atoms with Crippen LogP contribution in [0.4, 0.5) is 5.69 Å². The van der Waals surface area contributed by atoms with E-state index < -0.39 is 0 Å². The Hall–Kier alpha value is -2.18. The SMILES string of the molecule is Cc1cccc(NC(=O)C[NH+](C)CC(=O)NCCc2cccs2)c1C. The minimum absolute atomic E-state index is 0.0337. The van der Waals surface area contributed by atoms with Crippen LogP contribution in [0.5, 0.6) is 0 Å². The average molecular weight is 361 g/mol. The number of hydrogen-bond acceptors (Lipinski definition) is 3. The van der Waals surface area contributed by atoms with Crippen molar-refractivity contribution in [2.45, 2.75) is 20.3 Å². The Morgan fingerprint density at radius 2 is 1.84 bits per heavy atom. The van der Waals surface area contributed by atoms with E-state index in [-0.39, 0.29) is 24.9 Å². The highest BCUT2D eigenvalue weighted by atomic mass is 32.1. The van der Waals surface area contributed by atoms with Crippen molar-refractivity contribution in [3.63, 3.8) is 0 Å². The van der Waals surface area contributed by atoms with Crippen LogP contribution in [0.1, 0.15) is 16.0 Å². The van der Waals surface area contributed by atoms with E-state index in [0.717, 1.165) is 28.1 Å². The van der Waals surface area contributed by atoms with Gasteiger partial charge in [0.15, 0.2) is 13.1 Å². The number of likely N-dealkylation sites (N-methyl/N-ethyl adjacent to an activating group) is 1. The maximum absolute atomic E-state index is 12.2. The van der Waals surface area contributed by atoms with Gasteiger partial charge in [-0.3, -0.25) is 9.59 Å². The smallest absolute Gasteiger partial charge is 0.279 e. The zero-order chi connectivity index (χ0) is 18.2. The van der Waals surface area contributed by atoms with Gasteiger partial charge < -0.3 is 15.5 Å². The predicted molar refractivity (Wildman–Crippen MR) is 102 cm³/mol. The quantitative estimate of drug-likeness (QED) is 0.662. The number of thiophene rings is 1. The van der Waals surface area contributed by atoms with E-state index in [0.29, 0.717) is 6.54 Å². The summed E-state index contributed by atoms with van der Waals surface area (Å²) >= 11 is 1.69. The number of benzene rings is 1. The Labute approximate surface area is 153 Å². The van der Waals surface area contributed by atoms with Crippen molar-refractivity contribution in [3.05, 3.63) is 51.7 Å². The van der Waals surface area contributed by atoms with Gasteiger partial charge in [-0.1, -0.05) is 18.2 Å². The largest absolute Gasteiger partial charge is 0.351 e. The maximum atomic E-state index is 12.2. The minimum Gasteiger partial charge on any atom is -0.351 e. The topological polar surface area (TPSA) is 62.6 Å². The van der Waals surface area contributed by atoms with Crippen LogP contribution in [-0.4, -0.2) is 38.5 Å². The maximum Gasteiger partial charge on any atom is 0.279 e. The predicted octanol–water partition coefficient (Wildman–Crippen LogP) is 1.18. The van der Waals surface area contributed by atoms with E-state index in [1.165, 1.54) is 4.88 Å². The molecule has 1 atom stereocenters. The fraction of sp³-hybridized carbons (Fsp3) is 0.368. The van der Waals surface area contributed by atoms with Crippen molar-refractivity contribution < 1.29 is 14.5 Å². The highest BCUT2D eigenvalue weighted by molar-refractivity contribution is 7.09. The van der Waals surface area contributed by atoms with Crippen LogP contribution in [0.3, 0.4) is 0 Å². The molecule has 5 nitrogen and oxygen atoms in total. The third-order valence-electron chi connectivity index (χ3n) is 4.08. The highest BCUT2D eigenvalue weighted by Gasteiger charge is 2.15. The van der Waals surface area contributed by atoms with Gasteiger partial charge in [0.2, 0.25) is 0 Å². The van der Waals surface area contributed by atoms with E-state index in [2.05, 4.69) is 16.7 Å². The summed E-state index contributed by atoms with van der Waals surface area (Å²) in [7, 11) is 1.85. The summed E-state index contributed by atoms with van der Waals surface area (Å²) in [5.74, 6) is -0.119. The fourth-order valence-electron chi connectivity index (χ4n) is 2.53. The van der Waals surface area contributed by atoms with Gasteiger partial charge in [-0.05, 0) is 48.9 Å². The lowest BCUT2D eigenvalue weighted by molar-refractivity contribution is -0.862. The van der Waals surface area contributed by atoms with Gasteiger partial charge in [-0.15, -0.1) is 11.3 Å². The lowest BCUT2D eigenvalue weighted by Crippen LogP contribution is -3.11. The summed E-state index contributed by atoms with van der Waals surface area (Å²) in [6, 6.07) is 9.91. The Bertz CT molecular complexity index is 713. The first-order valence-corrected chi connectivity index (χ1v) is 9.30. The summed E-state index contributed by atoms with van der Waals surface area (Å²) in [5, 5.41) is 7.86. The number of amides is 2. The highest BCUT2D eigenvalue weighted by Crippen LogP contribution is 2.17. The van der Waals surface area contributed by atoms with Gasteiger partial charge in [0.1, 0.15) is 0 Å². The first-order valence-electron chi connectivity index (χ1n) is 8.42. The number of quaternary nitrogens is 1. The third-order valence-corrected chi connectivity index (χ3v) is 5.01. The second-order valence-corrected chi connectivity index (χ2v) is 7.32. The molecule has 0 aliphatic rings. The molecule has 0 fully saturated rings. The number of hydrogen-bond donors (Lipinski definition) is 3. The van der Waals surface area contributed by atoms with Crippen LogP contribution in [0.15, 0.2) is 35.7 Å². The van der Waals surface area contributed by atoms with E-state index in [4.69, 9.17) is 0 Å². The van der Waals surface area contributed by atoms with Crippen molar-refractivity contribution in [3.8, 4) is 0 Å². The number of carbonyl (C=O) groups is 2. The van der Waals surface area contributed by atoms with Gasteiger partial charge in [-0.2, -0.15) is 0 Å². The second kappa shape index (κ2) is 9.34. The van der Waals surface area contributed by atoms with Crippen LogP contribution in [0.2, 0.25) is 0 Å². The Morgan fingerprint density at radius 3 is 2.56 bits per heavy atom. The van der Waals surface area contributed by atoms with Crippen LogP contribution >= 0.6 is 11.3 Å². The van der Waals surface area contributed by atoms with Crippen LogP contribution in [-0.2, 0) is 16.0 Å². The summed E-state index contributed by atoms with van der Waals surface area (Å²) in [6.07, 6.45) is 0.843. The number of anilines is 1. The molecule has 1 unspecified atom stereocenters. The fourth-order valence-corrected chi connectivity index (χ4v) is 3.24. The lowest BCUT2D eigenvalue weighted by Gasteiger charge is -2.15. The first-order chi connectivity index (χ1) is 12.0. The average Bonchev–Trinajstić information content (AvgIpc) is 3.05. The van der Waals surface area contributed by atoms with Crippen molar-refractivity contribution in [2.24, 2.45) is 0 Å². The molecule has 3 N–H and O–H groups in total. The van der Waals surface area contributed by atoms with Gasteiger partial charge in [-0.25, -0.2) is 0 Å². The molecule has 25 heavy (non-hydrogen) atoms. The zero-order valence-corrected chi connectivity index (χ0v) is 15.8.